The molecule has 12 heteroatoms. The van der Waals surface area contributed by atoms with Crippen LogP contribution in [0.5, 0.6) is 0 Å². The molecule has 2 aliphatic heterocycles. The molecular weight excluding hydrogens is 476 g/mol. The van der Waals surface area contributed by atoms with Crippen LogP contribution >= 0.6 is 0 Å². The van der Waals surface area contributed by atoms with Crippen LogP contribution in [0.1, 0.15) is 61.3 Å². The van der Waals surface area contributed by atoms with Crippen molar-refractivity contribution >= 4 is 35.7 Å². The number of carbonyl (C=O) groups excluding carboxylic acids is 5. The molecule has 0 aromatic heterocycles. The molecule has 2 unspecified atom stereocenters. The molecule has 0 aromatic carbocycles. The van der Waals surface area contributed by atoms with Gasteiger partial charge in [-0.15, -0.1) is 0 Å². The van der Waals surface area contributed by atoms with Crippen molar-refractivity contribution in [1.29, 1.82) is 0 Å². The van der Waals surface area contributed by atoms with Gasteiger partial charge in [-0.3, -0.25) is 19.2 Å². The highest BCUT2D eigenvalue weighted by molar-refractivity contribution is 6.04. The van der Waals surface area contributed by atoms with Crippen LogP contribution in [-0.2, 0) is 33.4 Å². The number of esters is 1. The SMILES string of the molecule is CC(C)(C)OC(=O)N1CCC(=O)C(C(=O)O)C1.COC(=O)C1(C)CN(C(=O)OC(C)(C)C)CCC1=O. The van der Waals surface area contributed by atoms with E-state index in [0.29, 0.717) is 0 Å². The van der Waals surface area contributed by atoms with Crippen LogP contribution in [-0.4, -0.2) is 95.1 Å². The number of Topliss-reactive ketones (excluding diaryl/α,β-unsaturated/α-hetero) is 2. The number of likely N-dealkylation sites (tertiary alicyclic amines) is 2. The zero-order valence-electron chi connectivity index (χ0n) is 22.3. The minimum Gasteiger partial charge on any atom is -0.481 e. The van der Waals surface area contributed by atoms with Crippen LogP contribution in [0.2, 0.25) is 0 Å². The second-order valence-electron chi connectivity index (χ2n) is 10.9. The highest BCUT2D eigenvalue weighted by Gasteiger charge is 2.47. The number of ketones is 2. The lowest BCUT2D eigenvalue weighted by atomic mass is 9.81. The number of aliphatic carboxylic acids is 1. The summed E-state index contributed by atoms with van der Waals surface area (Å²) in [5.74, 6) is -3.48. The van der Waals surface area contributed by atoms with Gasteiger partial charge < -0.3 is 29.1 Å². The average Bonchev–Trinajstić information content (AvgIpc) is 2.73. The van der Waals surface area contributed by atoms with Gasteiger partial charge in [-0.2, -0.15) is 0 Å². The van der Waals surface area contributed by atoms with Crippen LogP contribution in [0.4, 0.5) is 9.59 Å². The number of rotatable bonds is 2. The Bertz CT molecular complexity index is 876. The van der Waals surface area contributed by atoms with E-state index in [1.165, 1.54) is 23.8 Å². The molecule has 0 aliphatic carbocycles. The maximum atomic E-state index is 12.0. The first-order valence-electron chi connectivity index (χ1n) is 11.6. The first kappa shape index (κ1) is 30.9. The molecule has 0 bridgehead atoms. The summed E-state index contributed by atoms with van der Waals surface area (Å²) in [5.41, 5.74) is -2.54. The Morgan fingerprint density at radius 1 is 0.889 bits per heavy atom. The van der Waals surface area contributed by atoms with Crippen LogP contribution in [0.25, 0.3) is 0 Å². The predicted molar refractivity (Wildman–Crippen MR) is 126 cm³/mol. The van der Waals surface area contributed by atoms with E-state index in [1.807, 2.05) is 0 Å². The Kier molecular flexibility index (Phi) is 10.0. The molecule has 2 heterocycles. The Balaban J connectivity index is 0.000000362. The number of carbonyl (C=O) groups is 6. The summed E-state index contributed by atoms with van der Waals surface area (Å²) in [7, 11) is 1.23. The molecule has 2 rings (SSSR count). The number of ether oxygens (including phenoxy) is 3. The molecule has 12 nitrogen and oxygen atoms in total. The molecule has 0 radical (unpaired) electrons. The third-order valence-electron chi connectivity index (χ3n) is 5.39. The lowest BCUT2D eigenvalue weighted by Gasteiger charge is -2.37. The van der Waals surface area contributed by atoms with E-state index < -0.39 is 46.7 Å². The summed E-state index contributed by atoms with van der Waals surface area (Å²) < 4.78 is 15.0. The number of carboxylic acids is 1. The molecule has 0 aromatic rings. The van der Waals surface area contributed by atoms with Crippen LogP contribution in [0.15, 0.2) is 0 Å². The average molecular weight is 515 g/mol. The molecule has 2 fully saturated rings. The summed E-state index contributed by atoms with van der Waals surface area (Å²) in [4.78, 5) is 72.1. The third kappa shape index (κ3) is 8.80. The van der Waals surface area contributed by atoms with Gasteiger partial charge in [0.15, 0.2) is 11.6 Å². The van der Waals surface area contributed by atoms with Crippen LogP contribution < -0.4 is 0 Å². The second-order valence-corrected chi connectivity index (χ2v) is 10.9. The highest BCUT2D eigenvalue weighted by atomic mass is 16.6. The fourth-order valence-corrected chi connectivity index (χ4v) is 3.49. The predicted octanol–water partition coefficient (Wildman–Crippen LogP) is 2.27. The van der Waals surface area contributed by atoms with Gasteiger partial charge in [0.2, 0.25) is 0 Å². The Hall–Kier alpha value is -3.18. The summed E-state index contributed by atoms with van der Waals surface area (Å²) in [6, 6.07) is 0. The molecule has 1 N–H and O–H groups in total. The smallest absolute Gasteiger partial charge is 0.410 e. The maximum Gasteiger partial charge on any atom is 0.410 e. The van der Waals surface area contributed by atoms with Gasteiger partial charge in [-0.1, -0.05) is 0 Å². The number of amides is 2. The van der Waals surface area contributed by atoms with Gasteiger partial charge in [0.1, 0.15) is 22.5 Å². The first-order chi connectivity index (χ1) is 16.3. The maximum absolute atomic E-state index is 12.0. The molecule has 2 amide bonds. The molecule has 2 saturated heterocycles. The Morgan fingerprint density at radius 2 is 1.36 bits per heavy atom. The molecule has 36 heavy (non-hydrogen) atoms. The fourth-order valence-electron chi connectivity index (χ4n) is 3.49. The molecule has 2 atom stereocenters. The van der Waals surface area contributed by atoms with Crippen molar-refractivity contribution < 1.29 is 48.1 Å². The monoisotopic (exact) mass is 514 g/mol. The van der Waals surface area contributed by atoms with Crippen molar-refractivity contribution in [3.05, 3.63) is 0 Å². The van der Waals surface area contributed by atoms with Gasteiger partial charge >= 0.3 is 24.1 Å². The van der Waals surface area contributed by atoms with Crippen molar-refractivity contribution in [3.8, 4) is 0 Å². The van der Waals surface area contributed by atoms with Crippen molar-refractivity contribution in [1.82, 2.24) is 9.80 Å². The van der Waals surface area contributed by atoms with E-state index in [4.69, 9.17) is 14.6 Å². The van der Waals surface area contributed by atoms with E-state index in [0.717, 1.165) is 0 Å². The zero-order valence-corrected chi connectivity index (χ0v) is 22.3. The summed E-state index contributed by atoms with van der Waals surface area (Å²) >= 11 is 0. The van der Waals surface area contributed by atoms with Gasteiger partial charge in [-0.05, 0) is 48.5 Å². The minimum atomic E-state index is -1.30. The molecule has 204 valence electrons. The summed E-state index contributed by atoms with van der Waals surface area (Å²) in [5, 5.41) is 8.84. The lowest BCUT2D eigenvalue weighted by Crippen LogP contribution is -2.54. The number of methoxy groups -OCH3 is 1. The van der Waals surface area contributed by atoms with Crippen LogP contribution in [0, 0.1) is 11.3 Å². The molecular formula is C24H38N2O10. The minimum absolute atomic E-state index is 0.00653. The summed E-state index contributed by atoms with van der Waals surface area (Å²) in [6.45, 7) is 12.3. The van der Waals surface area contributed by atoms with E-state index >= 15 is 0 Å². The Morgan fingerprint density at radius 3 is 1.81 bits per heavy atom. The molecule has 0 saturated carbocycles. The fraction of sp³-hybridized carbons (Fsp3) is 0.750. The lowest BCUT2D eigenvalue weighted by molar-refractivity contribution is -0.160. The van der Waals surface area contributed by atoms with Gasteiger partial charge in [0.25, 0.3) is 0 Å². The number of nitrogens with zero attached hydrogens (tertiary/aromatic N) is 2. The third-order valence-corrected chi connectivity index (χ3v) is 5.39. The highest BCUT2D eigenvalue weighted by Crippen LogP contribution is 2.28. The molecule has 0 spiro atoms. The topological polar surface area (TPSA) is 157 Å². The summed E-state index contributed by atoms with van der Waals surface area (Å²) in [6.07, 6.45) is -0.896. The standard InChI is InChI=1S/C13H21NO5.C11H17NO5/c1-12(2,3)19-11(17)14-7-6-9(15)13(4,8-14)10(16)18-5;1-11(2,3)17-10(16)12-5-4-8(13)7(6-12)9(14)15/h6-8H2,1-5H3;7H,4-6H2,1-3H3,(H,14,15). The van der Waals surface area contributed by atoms with Crippen molar-refractivity contribution in [3.63, 3.8) is 0 Å². The zero-order chi connectivity index (χ0) is 28.1. The van der Waals surface area contributed by atoms with Gasteiger partial charge in [-0.25, -0.2) is 9.59 Å². The van der Waals surface area contributed by atoms with Gasteiger partial charge in [0, 0.05) is 39.0 Å². The van der Waals surface area contributed by atoms with Crippen molar-refractivity contribution in [2.75, 3.05) is 33.3 Å². The number of hydrogen-bond acceptors (Lipinski definition) is 9. The van der Waals surface area contributed by atoms with E-state index in [2.05, 4.69) is 4.74 Å². The van der Waals surface area contributed by atoms with E-state index in [1.54, 1.807) is 41.5 Å². The van der Waals surface area contributed by atoms with Crippen LogP contribution in [0.3, 0.4) is 0 Å². The second kappa shape index (κ2) is 11.7. The van der Waals surface area contributed by atoms with Gasteiger partial charge in [0.05, 0.1) is 7.11 Å². The first-order valence-corrected chi connectivity index (χ1v) is 11.6. The quantitative estimate of drug-likeness (QED) is 0.329. The van der Waals surface area contributed by atoms with E-state index in [9.17, 15) is 28.8 Å². The van der Waals surface area contributed by atoms with Crippen molar-refractivity contribution in [2.45, 2.75) is 72.5 Å². The largest absolute Gasteiger partial charge is 0.481 e. The van der Waals surface area contributed by atoms with E-state index in [-0.39, 0.29) is 50.6 Å². The molecule has 2 aliphatic rings. The van der Waals surface area contributed by atoms with Crippen molar-refractivity contribution in [2.24, 2.45) is 11.3 Å². The number of hydrogen-bond donors (Lipinski definition) is 1. The number of carboxylic acid groups (broad SMARTS) is 1. The Labute approximate surface area is 211 Å². The number of piperidine rings is 2. The normalized spacial score (nSPS) is 22.7.